The van der Waals surface area contributed by atoms with Gasteiger partial charge in [-0.1, -0.05) is 0 Å². The third-order valence-corrected chi connectivity index (χ3v) is 3.57. The van der Waals surface area contributed by atoms with Crippen molar-refractivity contribution in [3.63, 3.8) is 0 Å². The van der Waals surface area contributed by atoms with Gasteiger partial charge in [-0.2, -0.15) is 0 Å². The van der Waals surface area contributed by atoms with Crippen LogP contribution in [0, 0.1) is 13.8 Å². The van der Waals surface area contributed by atoms with Crippen LogP contribution >= 0.6 is 0 Å². The zero-order valence-electron chi connectivity index (χ0n) is 11.8. The number of aromatic carboxylic acids is 2. The first kappa shape index (κ1) is 13.9. The van der Waals surface area contributed by atoms with Gasteiger partial charge < -0.3 is 19.8 Å². The summed E-state index contributed by atoms with van der Waals surface area (Å²) in [6.45, 7) is 3.18. The summed E-state index contributed by atoms with van der Waals surface area (Å²) < 4.78 is 0. The monoisotopic (exact) mass is 294 g/mol. The lowest BCUT2D eigenvalue weighted by atomic mass is 10.0. The number of pyridine rings is 2. The van der Waals surface area contributed by atoms with Gasteiger partial charge in [0, 0.05) is 33.3 Å². The van der Waals surface area contributed by atoms with Crippen LogP contribution in [-0.2, 0) is 0 Å². The summed E-state index contributed by atoms with van der Waals surface area (Å²) in [6, 6.07) is 6.28. The largest absolute Gasteiger partial charge is 0.545 e. The molecule has 0 spiro atoms. The molecule has 110 valence electrons. The number of carboxylic acid groups (broad SMARTS) is 2. The van der Waals surface area contributed by atoms with Crippen LogP contribution in [0.4, 0.5) is 0 Å². The van der Waals surface area contributed by atoms with Crippen molar-refractivity contribution < 1.29 is 19.8 Å². The highest BCUT2D eigenvalue weighted by Crippen LogP contribution is 2.24. The van der Waals surface area contributed by atoms with E-state index in [1.165, 1.54) is 12.1 Å². The molecule has 1 aromatic carbocycles. The summed E-state index contributed by atoms with van der Waals surface area (Å²) in [4.78, 5) is 30.6. The van der Waals surface area contributed by atoms with Gasteiger partial charge >= 0.3 is 0 Å². The van der Waals surface area contributed by atoms with Gasteiger partial charge in [0.2, 0.25) is 0 Å². The molecule has 0 unspecified atom stereocenters. The van der Waals surface area contributed by atoms with Crippen LogP contribution < -0.4 is 10.2 Å². The summed E-state index contributed by atoms with van der Waals surface area (Å²) >= 11 is 0. The summed E-state index contributed by atoms with van der Waals surface area (Å²) in [5.74, 6) is -2.60. The van der Waals surface area contributed by atoms with E-state index in [9.17, 15) is 19.8 Å². The zero-order chi connectivity index (χ0) is 16.0. The Kier molecular flexibility index (Phi) is 3.02. The molecule has 2 heterocycles. The molecule has 2 aromatic heterocycles. The zero-order valence-corrected chi connectivity index (χ0v) is 11.8. The lowest BCUT2D eigenvalue weighted by Crippen LogP contribution is -2.24. The van der Waals surface area contributed by atoms with Gasteiger partial charge in [0.25, 0.3) is 0 Å². The molecular formula is C16H10N2O4-2. The van der Waals surface area contributed by atoms with Crippen molar-refractivity contribution in [2.45, 2.75) is 13.8 Å². The van der Waals surface area contributed by atoms with Crippen molar-refractivity contribution in [1.29, 1.82) is 0 Å². The van der Waals surface area contributed by atoms with Gasteiger partial charge in [-0.3, -0.25) is 9.97 Å². The van der Waals surface area contributed by atoms with E-state index < -0.39 is 11.9 Å². The molecular weight excluding hydrogens is 284 g/mol. The molecule has 0 aliphatic carbocycles. The number of rotatable bonds is 2. The molecule has 6 heteroatoms. The topological polar surface area (TPSA) is 106 Å². The van der Waals surface area contributed by atoms with Gasteiger partial charge in [0.15, 0.2) is 0 Å². The lowest BCUT2D eigenvalue weighted by Gasteiger charge is -2.11. The molecule has 0 N–H and O–H groups in total. The molecule has 3 aromatic rings. The number of hydrogen-bond donors (Lipinski definition) is 0. The Bertz CT molecular complexity index is 888. The van der Waals surface area contributed by atoms with E-state index in [0.29, 0.717) is 33.2 Å². The molecule has 0 aliphatic heterocycles. The molecule has 0 saturated heterocycles. The van der Waals surface area contributed by atoms with Crippen LogP contribution in [0.3, 0.4) is 0 Å². The minimum absolute atomic E-state index is 0.00652. The second-order valence-corrected chi connectivity index (χ2v) is 5.06. The highest BCUT2D eigenvalue weighted by molar-refractivity contribution is 6.00. The fraction of sp³-hybridized carbons (Fsp3) is 0.125. The van der Waals surface area contributed by atoms with E-state index in [1.807, 2.05) is 0 Å². The van der Waals surface area contributed by atoms with Crippen LogP contribution in [0.2, 0.25) is 0 Å². The summed E-state index contributed by atoms with van der Waals surface area (Å²) in [5.41, 5.74) is 1.90. The molecule has 0 saturated carbocycles. The van der Waals surface area contributed by atoms with Gasteiger partial charge in [0.1, 0.15) is 0 Å². The fourth-order valence-corrected chi connectivity index (χ4v) is 2.45. The molecule has 0 radical (unpaired) electrons. The first-order valence-corrected chi connectivity index (χ1v) is 6.52. The number of nitrogens with zero attached hydrogens (tertiary/aromatic N) is 2. The maximum absolute atomic E-state index is 11.1. The van der Waals surface area contributed by atoms with E-state index in [4.69, 9.17) is 0 Å². The summed E-state index contributed by atoms with van der Waals surface area (Å²) in [6.07, 6.45) is 0. The SMILES string of the molecule is Cc1nc2cc3nc(C)c(C(=O)[O-])cc3cc2cc1C(=O)[O-]. The van der Waals surface area contributed by atoms with Crippen LogP contribution in [0.25, 0.3) is 21.8 Å². The van der Waals surface area contributed by atoms with Crippen molar-refractivity contribution in [3.8, 4) is 0 Å². The van der Waals surface area contributed by atoms with E-state index in [2.05, 4.69) is 9.97 Å². The predicted octanol–water partition coefficient (Wildman–Crippen LogP) is 0.127. The number of carbonyl (C=O) groups is 2. The normalized spacial score (nSPS) is 11.0. The number of benzene rings is 1. The minimum atomic E-state index is -1.30. The van der Waals surface area contributed by atoms with Crippen molar-refractivity contribution in [3.05, 3.63) is 46.8 Å². The Balaban J connectivity index is 2.36. The van der Waals surface area contributed by atoms with E-state index in [-0.39, 0.29) is 11.1 Å². The van der Waals surface area contributed by atoms with Crippen molar-refractivity contribution in [2.24, 2.45) is 0 Å². The van der Waals surface area contributed by atoms with Crippen molar-refractivity contribution >= 4 is 33.7 Å². The van der Waals surface area contributed by atoms with Gasteiger partial charge in [-0.05, 0) is 38.1 Å². The predicted molar refractivity (Wildman–Crippen MR) is 75.2 cm³/mol. The second kappa shape index (κ2) is 4.77. The highest BCUT2D eigenvalue weighted by Gasteiger charge is 2.09. The molecule has 0 fully saturated rings. The first-order chi connectivity index (χ1) is 10.4. The summed E-state index contributed by atoms with van der Waals surface area (Å²) in [7, 11) is 0. The Labute approximate surface area is 125 Å². The van der Waals surface area contributed by atoms with Crippen molar-refractivity contribution in [2.75, 3.05) is 0 Å². The molecule has 0 atom stereocenters. The average Bonchev–Trinajstić information content (AvgIpc) is 2.43. The van der Waals surface area contributed by atoms with Gasteiger partial charge in [-0.15, -0.1) is 0 Å². The molecule has 22 heavy (non-hydrogen) atoms. The first-order valence-electron chi connectivity index (χ1n) is 6.52. The Morgan fingerprint density at radius 2 is 1.18 bits per heavy atom. The smallest absolute Gasteiger partial charge is 0.0733 e. The average molecular weight is 294 g/mol. The number of hydrogen-bond acceptors (Lipinski definition) is 6. The number of carboxylic acids is 2. The number of aromatic nitrogens is 2. The van der Waals surface area contributed by atoms with Crippen LogP contribution in [0.15, 0.2) is 24.3 Å². The fourth-order valence-electron chi connectivity index (χ4n) is 2.45. The lowest BCUT2D eigenvalue weighted by molar-refractivity contribution is -0.256. The van der Waals surface area contributed by atoms with Gasteiger partial charge in [0.05, 0.1) is 23.0 Å². The maximum atomic E-state index is 11.1. The van der Waals surface area contributed by atoms with E-state index >= 15 is 0 Å². The molecule has 3 rings (SSSR count). The number of carbonyl (C=O) groups excluding carboxylic acids is 2. The van der Waals surface area contributed by atoms with Crippen LogP contribution in [0.5, 0.6) is 0 Å². The second-order valence-electron chi connectivity index (χ2n) is 5.06. The maximum Gasteiger partial charge on any atom is 0.0733 e. The quantitative estimate of drug-likeness (QED) is 0.622. The molecule has 0 bridgehead atoms. The summed E-state index contributed by atoms with van der Waals surface area (Å²) in [5, 5.41) is 23.3. The highest BCUT2D eigenvalue weighted by atomic mass is 16.4. The number of aryl methyl sites for hydroxylation is 2. The molecule has 0 amide bonds. The third kappa shape index (κ3) is 2.14. The molecule has 6 nitrogen and oxygen atoms in total. The van der Waals surface area contributed by atoms with Crippen molar-refractivity contribution in [1.82, 2.24) is 9.97 Å². The Hall–Kier alpha value is -3.02. The Morgan fingerprint density at radius 3 is 1.55 bits per heavy atom. The minimum Gasteiger partial charge on any atom is -0.545 e. The van der Waals surface area contributed by atoms with Crippen LogP contribution in [0.1, 0.15) is 32.1 Å². The van der Waals surface area contributed by atoms with Crippen LogP contribution in [-0.4, -0.2) is 21.9 Å². The van der Waals surface area contributed by atoms with Gasteiger partial charge in [-0.25, -0.2) is 0 Å². The van der Waals surface area contributed by atoms with E-state index in [0.717, 1.165) is 0 Å². The number of fused-ring (bicyclic) bond motifs is 2. The molecule has 0 aliphatic rings. The Morgan fingerprint density at radius 1 is 0.773 bits per heavy atom. The standard InChI is InChI=1S/C16H12N2O4/c1-7-11(15(19)20)4-9-3-10-5-12(16(21)22)8(2)18-14(10)6-13(9)17-7/h3-6H,1-2H3,(H,19,20)(H,21,22)/p-2. The third-order valence-electron chi connectivity index (χ3n) is 3.57. The van der Waals surface area contributed by atoms with E-state index in [1.54, 1.807) is 26.0 Å².